The highest BCUT2D eigenvalue weighted by molar-refractivity contribution is 5.87. The van der Waals surface area contributed by atoms with Gasteiger partial charge in [-0.3, -0.25) is 4.98 Å². The Morgan fingerprint density at radius 1 is 1.04 bits per heavy atom. The van der Waals surface area contributed by atoms with Gasteiger partial charge >= 0.3 is 6.03 Å². The molecule has 0 spiro atoms. The number of amides is 2. The Labute approximate surface area is 149 Å². The molecule has 0 radical (unpaired) electrons. The Hall–Kier alpha value is -3.19. The molecule has 0 saturated carbocycles. The predicted molar refractivity (Wildman–Crippen MR) is 96.7 cm³/mol. The lowest BCUT2D eigenvalue weighted by atomic mass is 10.0. The number of nitrogens with zero attached hydrogens (tertiary/aromatic N) is 4. The SMILES string of the molecule is CNCCCOc1ccc(-c2ccc3ncc4c(c3c2)=NC(=O)N=4)cn1. The molecule has 26 heavy (non-hydrogen) atoms. The third-order valence-electron chi connectivity index (χ3n) is 4.13. The summed E-state index contributed by atoms with van der Waals surface area (Å²) in [5, 5.41) is 4.99. The number of benzene rings is 1. The minimum Gasteiger partial charge on any atom is -0.478 e. The van der Waals surface area contributed by atoms with E-state index in [0.717, 1.165) is 35.0 Å². The monoisotopic (exact) mass is 347 g/mol. The number of pyridine rings is 2. The van der Waals surface area contributed by atoms with Crippen LogP contribution in [0.25, 0.3) is 22.0 Å². The molecule has 3 aromatic rings. The van der Waals surface area contributed by atoms with Crippen molar-refractivity contribution in [3.8, 4) is 17.0 Å². The van der Waals surface area contributed by atoms with E-state index in [4.69, 9.17) is 4.74 Å². The van der Waals surface area contributed by atoms with Crippen molar-refractivity contribution >= 4 is 16.9 Å². The zero-order valence-electron chi connectivity index (χ0n) is 14.3. The average Bonchev–Trinajstić information content (AvgIpc) is 3.06. The van der Waals surface area contributed by atoms with Gasteiger partial charge in [0.05, 0.1) is 18.3 Å². The largest absolute Gasteiger partial charge is 0.478 e. The first-order valence-electron chi connectivity index (χ1n) is 8.38. The van der Waals surface area contributed by atoms with Gasteiger partial charge in [0.1, 0.15) is 10.7 Å². The number of carbonyl (C=O) groups is 1. The fourth-order valence-corrected chi connectivity index (χ4v) is 2.83. The maximum absolute atomic E-state index is 11.5. The minimum atomic E-state index is -0.485. The van der Waals surface area contributed by atoms with E-state index in [1.807, 2.05) is 37.4 Å². The molecule has 130 valence electrons. The van der Waals surface area contributed by atoms with Crippen molar-refractivity contribution in [3.05, 3.63) is 53.4 Å². The zero-order chi connectivity index (χ0) is 17.9. The van der Waals surface area contributed by atoms with E-state index in [1.54, 1.807) is 12.4 Å². The van der Waals surface area contributed by atoms with E-state index >= 15 is 0 Å². The third-order valence-corrected chi connectivity index (χ3v) is 4.13. The number of urea groups is 1. The van der Waals surface area contributed by atoms with E-state index in [0.29, 0.717) is 23.2 Å². The topological polar surface area (TPSA) is 88.8 Å². The number of ether oxygens (including phenoxy) is 1. The summed E-state index contributed by atoms with van der Waals surface area (Å²) in [7, 11) is 1.92. The van der Waals surface area contributed by atoms with Gasteiger partial charge in [-0.1, -0.05) is 6.07 Å². The second-order valence-electron chi connectivity index (χ2n) is 5.92. The Morgan fingerprint density at radius 3 is 2.73 bits per heavy atom. The average molecular weight is 347 g/mol. The van der Waals surface area contributed by atoms with Gasteiger partial charge in [0.25, 0.3) is 0 Å². The van der Waals surface area contributed by atoms with Crippen molar-refractivity contribution in [2.24, 2.45) is 9.98 Å². The molecule has 1 aromatic carbocycles. The second-order valence-corrected chi connectivity index (χ2v) is 5.92. The first-order valence-corrected chi connectivity index (χ1v) is 8.38. The first-order chi connectivity index (χ1) is 12.7. The van der Waals surface area contributed by atoms with E-state index in [1.165, 1.54) is 0 Å². The highest BCUT2D eigenvalue weighted by Crippen LogP contribution is 2.23. The summed E-state index contributed by atoms with van der Waals surface area (Å²) in [5.74, 6) is 0.604. The van der Waals surface area contributed by atoms with Crippen molar-refractivity contribution in [1.82, 2.24) is 15.3 Å². The Balaban J connectivity index is 1.63. The van der Waals surface area contributed by atoms with Gasteiger partial charge in [-0.25, -0.2) is 9.78 Å². The smallest absolute Gasteiger partial charge is 0.368 e. The van der Waals surface area contributed by atoms with Crippen LogP contribution < -0.4 is 20.8 Å². The molecule has 1 N–H and O–H groups in total. The number of carbonyl (C=O) groups excluding carboxylic acids is 1. The molecule has 7 heteroatoms. The molecule has 0 aliphatic carbocycles. The fraction of sp³-hybridized carbons (Fsp3) is 0.211. The molecule has 0 atom stereocenters. The summed E-state index contributed by atoms with van der Waals surface area (Å²) >= 11 is 0. The standard InChI is InChI=1S/C19H17N5O2/c1-20-7-2-8-26-17-6-4-13(10-22-17)12-3-5-15-14(9-12)18-16(11-21-15)23-19(25)24-18/h3-6,9-11,20H,2,7-8H2,1H3. The van der Waals surface area contributed by atoms with Gasteiger partial charge in [0.2, 0.25) is 5.88 Å². The number of aromatic nitrogens is 2. The van der Waals surface area contributed by atoms with Crippen LogP contribution in [0.2, 0.25) is 0 Å². The molecule has 1 aliphatic rings. The molecular formula is C19H17N5O2. The molecule has 3 heterocycles. The molecular weight excluding hydrogens is 330 g/mol. The van der Waals surface area contributed by atoms with Crippen molar-refractivity contribution in [1.29, 1.82) is 0 Å². The summed E-state index contributed by atoms with van der Waals surface area (Å²) in [6, 6.07) is 9.18. The van der Waals surface area contributed by atoms with Crippen molar-refractivity contribution in [3.63, 3.8) is 0 Å². The normalized spacial score (nSPS) is 12.6. The summed E-state index contributed by atoms with van der Waals surface area (Å²) in [6.07, 6.45) is 4.28. The maximum Gasteiger partial charge on any atom is 0.368 e. The van der Waals surface area contributed by atoms with Crippen LogP contribution in [0.4, 0.5) is 4.79 Å². The van der Waals surface area contributed by atoms with Gasteiger partial charge in [0.15, 0.2) is 0 Å². The van der Waals surface area contributed by atoms with E-state index in [9.17, 15) is 4.79 Å². The van der Waals surface area contributed by atoms with Gasteiger partial charge in [-0.05, 0) is 43.8 Å². The molecule has 2 amide bonds. The van der Waals surface area contributed by atoms with Crippen molar-refractivity contribution in [2.45, 2.75) is 6.42 Å². The van der Waals surface area contributed by atoms with Gasteiger partial charge in [-0.15, -0.1) is 0 Å². The van der Waals surface area contributed by atoms with Crippen molar-refractivity contribution < 1.29 is 9.53 Å². The van der Waals surface area contributed by atoms with Crippen molar-refractivity contribution in [2.75, 3.05) is 20.2 Å². The Morgan fingerprint density at radius 2 is 1.92 bits per heavy atom. The molecule has 4 rings (SSSR count). The second kappa shape index (κ2) is 6.97. The number of hydrogen-bond acceptors (Lipinski definition) is 5. The number of nitrogens with one attached hydrogen (secondary N) is 1. The molecule has 0 unspecified atom stereocenters. The van der Waals surface area contributed by atoms with Crippen LogP contribution in [-0.4, -0.2) is 36.2 Å². The van der Waals surface area contributed by atoms with Crippen LogP contribution in [0.15, 0.2) is 52.7 Å². The van der Waals surface area contributed by atoms with Crippen LogP contribution >= 0.6 is 0 Å². The van der Waals surface area contributed by atoms with Crippen LogP contribution in [0.3, 0.4) is 0 Å². The highest BCUT2D eigenvalue weighted by Gasteiger charge is 2.10. The summed E-state index contributed by atoms with van der Waals surface area (Å²) in [6.45, 7) is 1.54. The molecule has 0 fully saturated rings. The fourth-order valence-electron chi connectivity index (χ4n) is 2.83. The van der Waals surface area contributed by atoms with Gasteiger partial charge < -0.3 is 10.1 Å². The van der Waals surface area contributed by atoms with Crippen LogP contribution in [0, 0.1) is 0 Å². The summed E-state index contributed by atoms with van der Waals surface area (Å²) in [5.41, 5.74) is 2.70. The van der Waals surface area contributed by atoms with Crippen LogP contribution in [-0.2, 0) is 0 Å². The molecule has 2 aromatic heterocycles. The number of fused-ring (bicyclic) bond motifs is 3. The third kappa shape index (κ3) is 3.16. The predicted octanol–water partition coefficient (Wildman–Crippen LogP) is 1.66. The summed E-state index contributed by atoms with van der Waals surface area (Å²) < 4.78 is 5.62. The highest BCUT2D eigenvalue weighted by atomic mass is 16.5. The lowest BCUT2D eigenvalue weighted by Gasteiger charge is -2.07. The number of rotatable bonds is 6. The van der Waals surface area contributed by atoms with Gasteiger partial charge in [-0.2, -0.15) is 9.98 Å². The van der Waals surface area contributed by atoms with Crippen LogP contribution in [0.5, 0.6) is 5.88 Å². The van der Waals surface area contributed by atoms with Gasteiger partial charge in [0, 0.05) is 23.2 Å². The first kappa shape index (κ1) is 16.3. The molecule has 1 aliphatic heterocycles. The lowest BCUT2D eigenvalue weighted by Crippen LogP contribution is -2.23. The summed E-state index contributed by atoms with van der Waals surface area (Å²) in [4.78, 5) is 28.0. The molecule has 0 saturated heterocycles. The number of hydrogen-bond donors (Lipinski definition) is 1. The Kier molecular flexibility index (Phi) is 4.37. The van der Waals surface area contributed by atoms with Crippen LogP contribution in [0.1, 0.15) is 6.42 Å². The Bertz CT molecular complexity index is 1090. The maximum atomic E-state index is 11.5. The quantitative estimate of drug-likeness (QED) is 0.685. The molecule has 0 bridgehead atoms. The lowest BCUT2D eigenvalue weighted by molar-refractivity contribution is 0.256. The van der Waals surface area contributed by atoms with E-state index in [2.05, 4.69) is 25.3 Å². The van der Waals surface area contributed by atoms with E-state index < -0.39 is 6.03 Å². The zero-order valence-corrected chi connectivity index (χ0v) is 14.3. The van der Waals surface area contributed by atoms with E-state index in [-0.39, 0.29) is 0 Å². The minimum absolute atomic E-state index is 0.485. The molecule has 7 nitrogen and oxygen atoms in total.